The van der Waals surface area contributed by atoms with Crippen molar-refractivity contribution in [3.05, 3.63) is 35.9 Å². The normalized spacial score (nSPS) is 23.2. The van der Waals surface area contributed by atoms with E-state index in [1.165, 1.54) is 5.56 Å². The summed E-state index contributed by atoms with van der Waals surface area (Å²) < 4.78 is 6.39. The van der Waals surface area contributed by atoms with Crippen LogP contribution in [-0.4, -0.2) is 38.8 Å². The molecule has 0 bridgehead atoms. The molecule has 4 heteroatoms. The molecular weight excluding hydrogens is 290 g/mol. The fraction of sp³-hybridized carbons (Fsp3) is 0.611. The van der Waals surface area contributed by atoms with Crippen LogP contribution < -0.4 is 0 Å². The van der Waals surface area contributed by atoms with E-state index in [0.717, 1.165) is 0 Å². The van der Waals surface area contributed by atoms with Crippen LogP contribution in [0.2, 0.25) is 18.1 Å². The van der Waals surface area contributed by atoms with Crippen molar-refractivity contribution >= 4 is 14.2 Å². The van der Waals surface area contributed by atoms with Gasteiger partial charge in [0.05, 0.1) is 12.6 Å². The Bertz CT molecular complexity index is 522. The Morgan fingerprint density at radius 2 is 1.82 bits per heavy atom. The van der Waals surface area contributed by atoms with E-state index in [4.69, 9.17) is 4.43 Å². The van der Waals surface area contributed by atoms with Crippen molar-refractivity contribution in [3.63, 3.8) is 0 Å². The lowest BCUT2D eigenvalue weighted by Crippen LogP contribution is -2.45. The molecule has 0 saturated carbocycles. The number of hydrogen-bond donors (Lipinski definition) is 0. The summed E-state index contributed by atoms with van der Waals surface area (Å²) >= 11 is 0. The summed E-state index contributed by atoms with van der Waals surface area (Å²) in [6, 6.07) is 10.5. The van der Waals surface area contributed by atoms with Gasteiger partial charge in [-0.25, -0.2) is 0 Å². The molecule has 1 fully saturated rings. The number of nitrogens with zero attached hydrogens (tertiary/aromatic N) is 1. The molecule has 2 atom stereocenters. The standard InChI is InChI=1S/C18H29NO2Si/c1-18(2,3)22(5,6)21-13-16-15(12-17(20)19(16)4)14-10-8-7-9-11-14/h7-11,15-16H,12-13H2,1-6H3/t15-,16+/m1/s1. The molecule has 1 aromatic carbocycles. The Balaban J connectivity index is 2.15. The number of likely N-dealkylation sites (N-methyl/N-ethyl adjacent to an activating group) is 1. The van der Waals surface area contributed by atoms with Crippen molar-refractivity contribution in [2.24, 2.45) is 0 Å². The summed E-state index contributed by atoms with van der Waals surface area (Å²) in [7, 11) is 0.115. The summed E-state index contributed by atoms with van der Waals surface area (Å²) in [5, 5.41) is 0.191. The van der Waals surface area contributed by atoms with Crippen LogP contribution in [0.5, 0.6) is 0 Å². The van der Waals surface area contributed by atoms with Crippen LogP contribution in [-0.2, 0) is 9.22 Å². The van der Waals surface area contributed by atoms with Crippen molar-refractivity contribution < 1.29 is 9.22 Å². The largest absolute Gasteiger partial charge is 0.415 e. The Morgan fingerprint density at radius 3 is 2.36 bits per heavy atom. The predicted octanol–water partition coefficient (Wildman–Crippen LogP) is 4.02. The number of rotatable bonds is 4. The van der Waals surface area contributed by atoms with E-state index in [0.29, 0.717) is 13.0 Å². The van der Waals surface area contributed by atoms with E-state index in [-0.39, 0.29) is 22.9 Å². The van der Waals surface area contributed by atoms with Gasteiger partial charge in [0, 0.05) is 19.4 Å². The van der Waals surface area contributed by atoms with Gasteiger partial charge in [-0.2, -0.15) is 0 Å². The molecule has 22 heavy (non-hydrogen) atoms. The second-order valence-corrected chi connectivity index (χ2v) is 12.7. The zero-order valence-corrected chi connectivity index (χ0v) is 15.7. The van der Waals surface area contributed by atoms with Crippen molar-refractivity contribution in [1.29, 1.82) is 0 Å². The van der Waals surface area contributed by atoms with Gasteiger partial charge in [0.2, 0.25) is 5.91 Å². The molecule has 0 unspecified atom stereocenters. The number of carbonyl (C=O) groups is 1. The lowest BCUT2D eigenvalue weighted by molar-refractivity contribution is -0.128. The number of likely N-dealkylation sites (tertiary alicyclic amines) is 1. The molecule has 1 aliphatic rings. The molecule has 1 amide bonds. The highest BCUT2D eigenvalue weighted by molar-refractivity contribution is 6.74. The van der Waals surface area contributed by atoms with E-state index in [1.54, 1.807) is 0 Å². The highest BCUT2D eigenvalue weighted by Gasteiger charge is 2.42. The quantitative estimate of drug-likeness (QED) is 0.784. The second-order valence-electron chi connectivity index (χ2n) is 7.86. The van der Waals surface area contributed by atoms with Crippen molar-refractivity contribution in [2.75, 3.05) is 13.7 Å². The zero-order chi connectivity index (χ0) is 16.5. The number of amides is 1. The molecule has 0 aliphatic carbocycles. The van der Waals surface area contributed by atoms with Crippen LogP contribution in [0.25, 0.3) is 0 Å². The molecule has 1 aliphatic heterocycles. The van der Waals surface area contributed by atoms with Gasteiger partial charge in [-0.3, -0.25) is 4.79 Å². The van der Waals surface area contributed by atoms with E-state index in [2.05, 4.69) is 46.0 Å². The van der Waals surface area contributed by atoms with E-state index in [1.807, 2.05) is 30.1 Å². The minimum atomic E-state index is -1.79. The summed E-state index contributed by atoms with van der Waals surface area (Å²) in [5.41, 5.74) is 1.24. The minimum Gasteiger partial charge on any atom is -0.415 e. The molecule has 1 heterocycles. The van der Waals surface area contributed by atoms with Crippen molar-refractivity contribution in [3.8, 4) is 0 Å². The van der Waals surface area contributed by atoms with Gasteiger partial charge in [0.25, 0.3) is 0 Å². The number of hydrogen-bond acceptors (Lipinski definition) is 2. The van der Waals surface area contributed by atoms with E-state index < -0.39 is 8.32 Å². The first-order chi connectivity index (χ1) is 10.1. The summed E-state index contributed by atoms with van der Waals surface area (Å²) in [6.45, 7) is 11.9. The fourth-order valence-corrected chi connectivity index (χ4v) is 3.72. The molecule has 0 radical (unpaired) electrons. The first-order valence-corrected chi connectivity index (χ1v) is 11.0. The summed E-state index contributed by atoms with van der Waals surface area (Å²) in [4.78, 5) is 14.1. The van der Waals surface area contributed by atoms with Gasteiger partial charge >= 0.3 is 0 Å². The van der Waals surface area contributed by atoms with Crippen LogP contribution in [0.3, 0.4) is 0 Å². The number of benzene rings is 1. The lowest BCUT2D eigenvalue weighted by Gasteiger charge is -2.38. The molecule has 0 spiro atoms. The van der Waals surface area contributed by atoms with Crippen LogP contribution >= 0.6 is 0 Å². The Hall–Kier alpha value is -1.13. The lowest BCUT2D eigenvalue weighted by atomic mass is 9.92. The van der Waals surface area contributed by atoms with E-state index in [9.17, 15) is 4.79 Å². The molecule has 2 rings (SSSR count). The van der Waals surface area contributed by atoms with Crippen LogP contribution in [0.4, 0.5) is 0 Å². The maximum absolute atomic E-state index is 12.2. The van der Waals surface area contributed by atoms with Gasteiger partial charge in [0.1, 0.15) is 0 Å². The third-order valence-electron chi connectivity index (χ3n) is 5.40. The predicted molar refractivity (Wildman–Crippen MR) is 93.5 cm³/mol. The maximum Gasteiger partial charge on any atom is 0.223 e. The van der Waals surface area contributed by atoms with E-state index >= 15 is 0 Å². The van der Waals surface area contributed by atoms with Gasteiger partial charge in [0.15, 0.2) is 8.32 Å². The second kappa shape index (κ2) is 6.17. The molecule has 1 saturated heterocycles. The molecular formula is C18H29NO2Si. The summed E-state index contributed by atoms with van der Waals surface area (Å²) in [6.07, 6.45) is 0.589. The minimum absolute atomic E-state index is 0.143. The topological polar surface area (TPSA) is 29.5 Å². The Morgan fingerprint density at radius 1 is 1.23 bits per heavy atom. The molecule has 0 N–H and O–H groups in total. The Labute approximate surface area is 135 Å². The summed E-state index contributed by atoms with van der Waals surface area (Å²) in [5.74, 6) is 0.459. The third kappa shape index (κ3) is 3.44. The average Bonchev–Trinajstić information content (AvgIpc) is 2.72. The monoisotopic (exact) mass is 319 g/mol. The van der Waals surface area contributed by atoms with Crippen molar-refractivity contribution in [1.82, 2.24) is 4.90 Å². The van der Waals surface area contributed by atoms with Crippen LogP contribution in [0.1, 0.15) is 38.7 Å². The first-order valence-electron chi connectivity index (χ1n) is 8.08. The zero-order valence-electron chi connectivity index (χ0n) is 14.7. The third-order valence-corrected chi connectivity index (χ3v) is 9.90. The first kappa shape index (κ1) is 17.2. The molecule has 0 aromatic heterocycles. The average molecular weight is 320 g/mol. The van der Waals surface area contributed by atoms with Crippen LogP contribution in [0.15, 0.2) is 30.3 Å². The smallest absolute Gasteiger partial charge is 0.223 e. The van der Waals surface area contributed by atoms with Crippen LogP contribution in [0, 0.1) is 0 Å². The highest BCUT2D eigenvalue weighted by Crippen LogP contribution is 2.39. The SMILES string of the molecule is CN1C(=O)C[C@H](c2ccccc2)[C@@H]1CO[Si](C)(C)C(C)(C)C. The van der Waals surface area contributed by atoms with Gasteiger partial charge in [-0.15, -0.1) is 0 Å². The molecule has 1 aromatic rings. The highest BCUT2D eigenvalue weighted by atomic mass is 28.4. The van der Waals surface area contributed by atoms with Gasteiger partial charge in [-0.1, -0.05) is 51.1 Å². The molecule has 122 valence electrons. The molecule has 3 nitrogen and oxygen atoms in total. The van der Waals surface area contributed by atoms with Gasteiger partial charge in [-0.05, 0) is 23.7 Å². The maximum atomic E-state index is 12.2. The fourth-order valence-electron chi connectivity index (χ4n) is 2.70. The van der Waals surface area contributed by atoms with Gasteiger partial charge < -0.3 is 9.33 Å². The number of carbonyl (C=O) groups excluding carboxylic acids is 1. The Kier molecular flexibility index (Phi) is 4.83. The van der Waals surface area contributed by atoms with Crippen molar-refractivity contribution in [2.45, 2.75) is 57.3 Å².